The van der Waals surface area contributed by atoms with E-state index in [1.165, 1.54) is 0 Å². The second-order valence-corrected chi connectivity index (χ2v) is 6.19. The van der Waals surface area contributed by atoms with Gasteiger partial charge in [0, 0.05) is 19.5 Å². The Labute approximate surface area is 136 Å². The zero-order chi connectivity index (χ0) is 14.0. The lowest BCUT2D eigenvalue weighted by Gasteiger charge is -2.20. The Morgan fingerprint density at radius 2 is 1.53 bits per heavy atom. The van der Waals surface area contributed by atoms with Gasteiger partial charge in [0.15, 0.2) is 0 Å². The molecule has 0 aliphatic heterocycles. The molecule has 0 aromatic heterocycles. The van der Waals surface area contributed by atoms with Crippen LogP contribution in [-0.4, -0.2) is 7.05 Å². The third-order valence-electron chi connectivity index (χ3n) is 2.83. The average molecular weight is 380 g/mol. The maximum Gasteiger partial charge on any atom is 0.0601 e. The number of rotatable bonds is 3. The van der Waals surface area contributed by atoms with Crippen LogP contribution in [0.1, 0.15) is 17.2 Å². The summed E-state index contributed by atoms with van der Waals surface area (Å²) in [4.78, 5) is 0. The minimum Gasteiger partial charge on any atom is -0.309 e. The highest BCUT2D eigenvalue weighted by Gasteiger charge is 2.18. The first-order valence-electron chi connectivity index (χ1n) is 5.60. The molecule has 0 fully saturated rings. The van der Waals surface area contributed by atoms with Crippen molar-refractivity contribution < 1.29 is 0 Å². The minimum absolute atomic E-state index is 0.0840. The average Bonchev–Trinajstić information content (AvgIpc) is 2.38. The fourth-order valence-electron chi connectivity index (χ4n) is 1.95. The monoisotopic (exact) mass is 377 g/mol. The molecule has 2 aromatic rings. The van der Waals surface area contributed by atoms with Gasteiger partial charge in [0.25, 0.3) is 0 Å². The van der Waals surface area contributed by atoms with Gasteiger partial charge in [0.2, 0.25) is 0 Å². The highest BCUT2D eigenvalue weighted by molar-refractivity contribution is 9.10. The van der Waals surface area contributed by atoms with Gasteiger partial charge in [-0.15, -0.1) is 0 Å². The van der Waals surface area contributed by atoms with E-state index in [-0.39, 0.29) is 6.04 Å². The van der Waals surface area contributed by atoms with Crippen LogP contribution in [0.3, 0.4) is 0 Å². The number of hydrogen-bond acceptors (Lipinski definition) is 1. The second-order valence-electron chi connectivity index (χ2n) is 4.05. The van der Waals surface area contributed by atoms with Gasteiger partial charge in [-0.1, -0.05) is 50.7 Å². The molecule has 2 aromatic carbocycles. The van der Waals surface area contributed by atoms with Crippen LogP contribution in [0, 0.1) is 0 Å². The zero-order valence-electron chi connectivity index (χ0n) is 10.1. The van der Waals surface area contributed by atoms with Crippen LogP contribution >= 0.6 is 50.7 Å². The van der Waals surface area contributed by atoms with E-state index in [9.17, 15) is 0 Å². The summed E-state index contributed by atoms with van der Waals surface area (Å²) in [6.45, 7) is 0. The Morgan fingerprint density at radius 3 is 2.16 bits per heavy atom. The number of halogens is 4. The molecule has 1 nitrogen and oxygen atoms in total. The first kappa shape index (κ1) is 15.1. The van der Waals surface area contributed by atoms with Crippen molar-refractivity contribution in [1.29, 1.82) is 0 Å². The van der Waals surface area contributed by atoms with Gasteiger partial charge >= 0.3 is 0 Å². The maximum absolute atomic E-state index is 6.26. The molecule has 1 atom stereocenters. The molecule has 1 N–H and O–H groups in total. The van der Waals surface area contributed by atoms with E-state index in [1.807, 2.05) is 31.3 Å². The van der Waals surface area contributed by atoms with E-state index in [2.05, 4.69) is 21.2 Å². The Bertz CT molecular complexity index is 550. The van der Waals surface area contributed by atoms with Crippen LogP contribution in [0.4, 0.5) is 0 Å². The van der Waals surface area contributed by atoms with Gasteiger partial charge in [0.1, 0.15) is 0 Å². The lowest BCUT2D eigenvalue weighted by Crippen LogP contribution is -2.18. The molecule has 2 rings (SSSR count). The molecule has 5 heteroatoms. The van der Waals surface area contributed by atoms with Crippen molar-refractivity contribution in [3.05, 3.63) is 67.1 Å². The van der Waals surface area contributed by atoms with Crippen molar-refractivity contribution in [2.24, 2.45) is 0 Å². The molecule has 0 saturated carbocycles. The van der Waals surface area contributed by atoms with Gasteiger partial charge in [0.05, 0.1) is 6.04 Å². The molecule has 1 unspecified atom stereocenters. The first-order chi connectivity index (χ1) is 9.02. The number of benzene rings is 2. The summed E-state index contributed by atoms with van der Waals surface area (Å²) in [5, 5.41) is 5.23. The molecule has 0 amide bonds. The van der Waals surface area contributed by atoms with Gasteiger partial charge in [-0.05, 0) is 54.6 Å². The molecule has 0 aliphatic rings. The third-order valence-corrected chi connectivity index (χ3v) is 4.36. The van der Waals surface area contributed by atoms with Gasteiger partial charge < -0.3 is 5.32 Å². The van der Waals surface area contributed by atoms with Crippen LogP contribution in [0.25, 0.3) is 0 Å². The quantitative estimate of drug-likeness (QED) is 0.719. The maximum atomic E-state index is 6.26. The van der Waals surface area contributed by atoms with E-state index in [0.717, 1.165) is 15.6 Å². The Balaban J connectivity index is 2.55. The van der Waals surface area contributed by atoms with E-state index in [0.29, 0.717) is 15.1 Å². The van der Waals surface area contributed by atoms with Crippen molar-refractivity contribution in [1.82, 2.24) is 5.32 Å². The molecule has 0 bridgehead atoms. The molecule has 0 aliphatic carbocycles. The highest BCUT2D eigenvalue weighted by Crippen LogP contribution is 2.35. The Morgan fingerprint density at radius 1 is 0.947 bits per heavy atom. The minimum atomic E-state index is -0.0840. The van der Waals surface area contributed by atoms with E-state index in [4.69, 9.17) is 34.8 Å². The van der Waals surface area contributed by atoms with Crippen LogP contribution in [0.2, 0.25) is 15.1 Å². The fraction of sp³-hybridized carbons (Fsp3) is 0.143. The fourth-order valence-corrected chi connectivity index (χ4v) is 3.01. The molecular weight excluding hydrogens is 368 g/mol. The van der Waals surface area contributed by atoms with E-state index < -0.39 is 0 Å². The lowest BCUT2D eigenvalue weighted by molar-refractivity contribution is 0.689. The molecule has 0 spiro atoms. The van der Waals surface area contributed by atoms with E-state index in [1.54, 1.807) is 12.1 Å². The topological polar surface area (TPSA) is 12.0 Å². The molecule has 0 radical (unpaired) electrons. The second kappa shape index (κ2) is 6.47. The van der Waals surface area contributed by atoms with Crippen molar-refractivity contribution in [3.63, 3.8) is 0 Å². The third kappa shape index (κ3) is 3.45. The van der Waals surface area contributed by atoms with Gasteiger partial charge in [-0.2, -0.15) is 0 Å². The summed E-state index contributed by atoms with van der Waals surface area (Å²) in [5.74, 6) is 0. The summed E-state index contributed by atoms with van der Waals surface area (Å²) in [6.07, 6.45) is 0. The molecular formula is C14H11BrCl3N. The molecule has 19 heavy (non-hydrogen) atoms. The van der Waals surface area contributed by atoms with E-state index >= 15 is 0 Å². The smallest absolute Gasteiger partial charge is 0.0601 e. The molecule has 0 heterocycles. The largest absolute Gasteiger partial charge is 0.309 e. The normalized spacial score (nSPS) is 12.5. The summed E-state index contributed by atoms with van der Waals surface area (Å²) >= 11 is 21.9. The zero-order valence-corrected chi connectivity index (χ0v) is 13.9. The van der Waals surface area contributed by atoms with Crippen molar-refractivity contribution in [3.8, 4) is 0 Å². The van der Waals surface area contributed by atoms with Gasteiger partial charge in [-0.3, -0.25) is 0 Å². The van der Waals surface area contributed by atoms with Crippen LogP contribution in [0.5, 0.6) is 0 Å². The van der Waals surface area contributed by atoms with Gasteiger partial charge in [-0.25, -0.2) is 0 Å². The SMILES string of the molecule is CNC(c1cc(Cl)ccc1Cl)c1cc(Cl)ccc1Br. The van der Waals surface area contributed by atoms with Crippen LogP contribution in [0.15, 0.2) is 40.9 Å². The predicted molar refractivity (Wildman–Crippen MR) is 86.5 cm³/mol. The summed E-state index contributed by atoms with van der Waals surface area (Å²) in [5.41, 5.74) is 1.93. The molecule has 0 saturated heterocycles. The van der Waals surface area contributed by atoms with Crippen molar-refractivity contribution >= 4 is 50.7 Å². The standard InChI is InChI=1S/C14H11BrCl3N/c1-19-14(10-6-8(16)2-4-12(10)15)11-7-9(17)3-5-13(11)18/h2-7,14,19H,1H3. The van der Waals surface area contributed by atoms with Crippen molar-refractivity contribution in [2.75, 3.05) is 7.05 Å². The number of nitrogens with one attached hydrogen (secondary N) is 1. The first-order valence-corrected chi connectivity index (χ1v) is 7.52. The Hall–Kier alpha value is -0.250. The van der Waals surface area contributed by atoms with Crippen LogP contribution < -0.4 is 5.32 Å². The Kier molecular flexibility index (Phi) is 5.15. The van der Waals surface area contributed by atoms with Crippen molar-refractivity contribution in [2.45, 2.75) is 6.04 Å². The van der Waals surface area contributed by atoms with Crippen LogP contribution in [-0.2, 0) is 0 Å². The summed E-state index contributed by atoms with van der Waals surface area (Å²) < 4.78 is 0.965. The highest BCUT2D eigenvalue weighted by atomic mass is 79.9. The predicted octanol–water partition coefficient (Wildman–Crippen LogP) is 5.72. The molecule has 100 valence electrons. The lowest BCUT2D eigenvalue weighted by atomic mass is 9.99. The summed E-state index contributed by atoms with van der Waals surface area (Å²) in [6, 6.07) is 11.0. The number of hydrogen-bond donors (Lipinski definition) is 1. The summed E-state index contributed by atoms with van der Waals surface area (Å²) in [7, 11) is 1.87.